The Morgan fingerprint density at radius 2 is 1.23 bits per heavy atom. The van der Waals surface area contributed by atoms with Crippen LogP contribution in [0, 0.1) is 0 Å². The second-order valence-electron chi connectivity index (χ2n) is 6.07. The van der Waals surface area contributed by atoms with Crippen LogP contribution in [-0.4, -0.2) is 12.5 Å². The number of rotatable bonds is 17. The topological polar surface area (TPSA) is 47.6 Å². The molecule has 0 atom stereocenters. The van der Waals surface area contributed by atoms with Crippen molar-refractivity contribution in [3.63, 3.8) is 0 Å². The first kappa shape index (κ1) is 21.4. The fraction of sp³-hybridized carbons (Fsp3) is 0.944. The lowest BCUT2D eigenvalue weighted by Crippen LogP contribution is -2.23. The van der Waals surface area contributed by atoms with Gasteiger partial charge in [-0.15, -0.1) is 4.99 Å². The molecule has 1 N–H and O–H groups in total. The van der Waals surface area contributed by atoms with E-state index in [1.807, 2.05) is 0 Å². The monoisotopic (exact) mass is 315 g/mol. The Labute approximate surface area is 137 Å². The molecule has 0 radical (unpaired) electrons. The van der Waals surface area contributed by atoms with Crippen LogP contribution in [-0.2, 0) is 14.7 Å². The zero-order chi connectivity index (χ0) is 16.3. The van der Waals surface area contributed by atoms with E-state index < -0.39 is 0 Å². The van der Waals surface area contributed by atoms with E-state index in [1.54, 1.807) is 0 Å². The van der Waals surface area contributed by atoms with E-state index in [-0.39, 0.29) is 5.91 Å². The molecule has 0 rings (SSSR count). The molecule has 0 aliphatic rings. The van der Waals surface area contributed by atoms with Crippen molar-refractivity contribution in [1.29, 1.82) is 0 Å². The summed E-state index contributed by atoms with van der Waals surface area (Å²) < 4.78 is 0. The van der Waals surface area contributed by atoms with Crippen molar-refractivity contribution >= 4 is 5.91 Å². The van der Waals surface area contributed by atoms with Gasteiger partial charge in [0.25, 0.3) is 0 Å². The molecule has 0 aromatic carbocycles. The Balaban J connectivity index is 3.13. The molecule has 0 fully saturated rings. The number of carbonyl (C=O) groups is 1. The summed E-state index contributed by atoms with van der Waals surface area (Å²) in [6, 6.07) is 0. The minimum absolute atomic E-state index is 0.0866. The lowest BCUT2D eigenvalue weighted by Gasteiger charge is -2.05. The van der Waals surface area contributed by atoms with Gasteiger partial charge in [-0.1, -0.05) is 84.5 Å². The molecule has 0 saturated heterocycles. The molecule has 0 aliphatic carbocycles. The van der Waals surface area contributed by atoms with Crippen molar-refractivity contribution < 1.29 is 14.7 Å². The lowest BCUT2D eigenvalue weighted by atomic mass is 10.1. The van der Waals surface area contributed by atoms with Crippen molar-refractivity contribution in [2.45, 2.75) is 104 Å². The van der Waals surface area contributed by atoms with E-state index in [1.165, 1.54) is 57.8 Å². The SMILES string of the molecule is CCCCCCCCCCCC(=O)NOOCCCCCC. The van der Waals surface area contributed by atoms with Crippen LogP contribution >= 0.6 is 0 Å². The molecule has 0 bridgehead atoms. The van der Waals surface area contributed by atoms with Gasteiger partial charge in [0, 0.05) is 6.42 Å². The van der Waals surface area contributed by atoms with E-state index in [2.05, 4.69) is 19.3 Å². The van der Waals surface area contributed by atoms with Gasteiger partial charge in [0.1, 0.15) is 0 Å². The average molecular weight is 315 g/mol. The van der Waals surface area contributed by atoms with Crippen LogP contribution in [0.4, 0.5) is 0 Å². The maximum atomic E-state index is 11.5. The minimum Gasteiger partial charge on any atom is -0.273 e. The van der Waals surface area contributed by atoms with Gasteiger partial charge in [-0.2, -0.15) is 0 Å². The van der Waals surface area contributed by atoms with Gasteiger partial charge in [-0.25, -0.2) is 10.4 Å². The van der Waals surface area contributed by atoms with Gasteiger partial charge in [0.2, 0.25) is 5.91 Å². The van der Waals surface area contributed by atoms with Gasteiger partial charge in [-0.3, -0.25) is 4.79 Å². The van der Waals surface area contributed by atoms with Gasteiger partial charge < -0.3 is 0 Å². The molecule has 4 heteroatoms. The van der Waals surface area contributed by atoms with Gasteiger partial charge in [-0.05, 0) is 12.8 Å². The first-order valence-electron chi connectivity index (χ1n) is 9.38. The number of unbranched alkanes of at least 4 members (excludes halogenated alkanes) is 11. The van der Waals surface area contributed by atoms with Crippen LogP contribution in [0.25, 0.3) is 0 Å². The predicted molar refractivity (Wildman–Crippen MR) is 91.2 cm³/mol. The summed E-state index contributed by atoms with van der Waals surface area (Å²) in [5.41, 5.74) is 2.34. The molecule has 0 heterocycles. The molecule has 22 heavy (non-hydrogen) atoms. The Morgan fingerprint density at radius 1 is 0.727 bits per heavy atom. The van der Waals surface area contributed by atoms with Crippen molar-refractivity contribution in [2.24, 2.45) is 0 Å². The van der Waals surface area contributed by atoms with E-state index in [4.69, 9.17) is 9.88 Å². The number of hydroxylamine groups is 1. The molecule has 132 valence electrons. The minimum atomic E-state index is -0.0866. The molecule has 4 nitrogen and oxygen atoms in total. The van der Waals surface area contributed by atoms with Gasteiger partial charge in [0.15, 0.2) is 0 Å². The molecule has 0 aromatic heterocycles. The first-order chi connectivity index (χ1) is 10.8. The largest absolute Gasteiger partial charge is 0.273 e. The second-order valence-corrected chi connectivity index (χ2v) is 6.07. The van der Waals surface area contributed by atoms with E-state index in [0.717, 1.165) is 25.7 Å². The summed E-state index contributed by atoms with van der Waals surface area (Å²) in [5, 5.41) is 0. The molecule has 0 unspecified atom stereocenters. The fourth-order valence-electron chi connectivity index (χ4n) is 2.35. The Kier molecular flexibility index (Phi) is 17.9. The molecular formula is C18H37NO3. The highest BCUT2D eigenvalue weighted by Gasteiger charge is 2.01. The summed E-state index contributed by atoms with van der Waals surface area (Å²) in [4.78, 5) is 21.1. The molecule has 0 spiro atoms. The highest BCUT2D eigenvalue weighted by atomic mass is 17.3. The number of nitrogens with one attached hydrogen (secondary N) is 1. The summed E-state index contributed by atoms with van der Waals surface area (Å²) in [7, 11) is 0. The zero-order valence-electron chi connectivity index (χ0n) is 14.8. The first-order valence-corrected chi connectivity index (χ1v) is 9.38. The average Bonchev–Trinajstić information content (AvgIpc) is 2.52. The Morgan fingerprint density at radius 3 is 1.82 bits per heavy atom. The molecule has 0 aromatic rings. The van der Waals surface area contributed by atoms with Crippen molar-refractivity contribution in [3.05, 3.63) is 0 Å². The summed E-state index contributed by atoms with van der Waals surface area (Å²) >= 11 is 0. The molecule has 0 aliphatic heterocycles. The Bertz CT molecular complexity index is 234. The zero-order valence-corrected chi connectivity index (χ0v) is 14.8. The van der Waals surface area contributed by atoms with Crippen LogP contribution in [0.3, 0.4) is 0 Å². The maximum Gasteiger partial charge on any atom is 0.245 e. The highest BCUT2D eigenvalue weighted by molar-refractivity contribution is 5.74. The second kappa shape index (κ2) is 18.4. The van der Waals surface area contributed by atoms with Crippen molar-refractivity contribution in [1.82, 2.24) is 5.48 Å². The normalized spacial score (nSPS) is 10.8. The van der Waals surface area contributed by atoms with E-state index >= 15 is 0 Å². The molecular weight excluding hydrogens is 278 g/mol. The summed E-state index contributed by atoms with van der Waals surface area (Å²) in [5.74, 6) is -0.0866. The lowest BCUT2D eigenvalue weighted by molar-refractivity contribution is -0.329. The Hall–Kier alpha value is -0.610. The number of hydrogen-bond donors (Lipinski definition) is 1. The number of amides is 1. The van der Waals surface area contributed by atoms with E-state index in [0.29, 0.717) is 13.0 Å². The highest BCUT2D eigenvalue weighted by Crippen LogP contribution is 2.10. The van der Waals surface area contributed by atoms with Crippen LogP contribution in [0.2, 0.25) is 0 Å². The van der Waals surface area contributed by atoms with Crippen molar-refractivity contribution in [2.75, 3.05) is 6.61 Å². The summed E-state index contributed by atoms with van der Waals surface area (Å²) in [6.07, 6.45) is 16.4. The third-order valence-electron chi connectivity index (χ3n) is 3.80. The van der Waals surface area contributed by atoms with Crippen molar-refractivity contribution in [3.8, 4) is 0 Å². The fourth-order valence-corrected chi connectivity index (χ4v) is 2.35. The van der Waals surface area contributed by atoms with Crippen LogP contribution < -0.4 is 5.48 Å². The molecule has 0 saturated carbocycles. The van der Waals surface area contributed by atoms with E-state index in [9.17, 15) is 4.79 Å². The quantitative estimate of drug-likeness (QED) is 0.220. The summed E-state index contributed by atoms with van der Waals surface area (Å²) in [6.45, 7) is 4.95. The van der Waals surface area contributed by atoms with Crippen LogP contribution in [0.1, 0.15) is 104 Å². The number of hydrogen-bond acceptors (Lipinski definition) is 3. The molecule has 1 amide bonds. The van der Waals surface area contributed by atoms with Gasteiger partial charge in [0.05, 0.1) is 6.61 Å². The third kappa shape index (κ3) is 17.4. The van der Waals surface area contributed by atoms with Crippen LogP contribution in [0.15, 0.2) is 0 Å². The van der Waals surface area contributed by atoms with Gasteiger partial charge >= 0.3 is 0 Å². The third-order valence-corrected chi connectivity index (χ3v) is 3.80. The smallest absolute Gasteiger partial charge is 0.245 e. The predicted octanol–water partition coefficient (Wildman–Crippen LogP) is 5.47. The van der Waals surface area contributed by atoms with Crippen LogP contribution in [0.5, 0.6) is 0 Å². The number of carbonyl (C=O) groups excluding carboxylic acids is 1. The maximum absolute atomic E-state index is 11.5. The standard InChI is InChI=1S/C18H37NO3/c1-3-5-7-9-10-11-12-13-14-16-18(20)19-22-21-17-15-8-6-4-2/h3-17H2,1-2H3,(H,19,20).